The van der Waals surface area contributed by atoms with Crippen LogP contribution in [0.5, 0.6) is 0 Å². The zero-order valence-corrected chi connectivity index (χ0v) is 18.5. The summed E-state index contributed by atoms with van der Waals surface area (Å²) in [7, 11) is -2.49. The number of rotatable bonds is 12. The number of ether oxygens (including phenoxy) is 2. The van der Waals surface area contributed by atoms with Crippen molar-refractivity contribution in [3.05, 3.63) is 0 Å². The summed E-state index contributed by atoms with van der Waals surface area (Å²) < 4.78 is 27.6. The summed E-state index contributed by atoms with van der Waals surface area (Å²) in [6, 6.07) is -0.508. The second-order valence-electron chi connectivity index (χ2n) is 8.11. The number of hydrogen-bond donors (Lipinski definition) is 2. The Morgan fingerprint density at radius 1 is 1.17 bits per heavy atom. The molecule has 1 fully saturated rings. The highest BCUT2D eigenvalue weighted by Gasteiger charge is 2.35. The van der Waals surface area contributed by atoms with Crippen LogP contribution in [0.25, 0.3) is 0 Å². The summed E-state index contributed by atoms with van der Waals surface area (Å²) in [5, 5.41) is 2.92. The van der Waals surface area contributed by atoms with E-state index in [0.29, 0.717) is 32.4 Å². The van der Waals surface area contributed by atoms with Gasteiger partial charge in [-0.1, -0.05) is 12.8 Å². The lowest BCUT2D eigenvalue weighted by molar-refractivity contribution is -0.173. The van der Waals surface area contributed by atoms with E-state index in [-0.39, 0.29) is 0 Å². The molecule has 0 aromatic carbocycles. The van der Waals surface area contributed by atoms with Crippen LogP contribution < -0.4 is 11.1 Å². The fraction of sp³-hybridized carbons (Fsp3) is 0.842. The van der Waals surface area contributed by atoms with Crippen molar-refractivity contribution in [3.8, 4) is 0 Å². The lowest BCUT2D eigenvalue weighted by Gasteiger charge is -2.20. The summed E-state index contributed by atoms with van der Waals surface area (Å²) in [6.45, 7) is 6.41. The minimum absolute atomic E-state index is 0.355. The molecule has 0 radical (unpaired) electrons. The largest absolute Gasteiger partial charge is 0.523 e. The normalized spacial score (nSPS) is 18.2. The topological polar surface area (TPSA) is 134 Å². The summed E-state index contributed by atoms with van der Waals surface area (Å²) in [5.74, 6) is -2.09. The molecule has 0 spiro atoms. The SMILES string of the molecule is CC(C)(C)C(=O)OC(CCCCCCN)O[P+](=O)CC(=O)OC(=O)[C@@H]1CCCN1. The maximum Gasteiger partial charge on any atom is 0.523 e. The van der Waals surface area contributed by atoms with Gasteiger partial charge in [0.25, 0.3) is 12.5 Å². The molecular formula is C19H34N2O7P+. The number of esters is 3. The van der Waals surface area contributed by atoms with Gasteiger partial charge in [-0.3, -0.25) is 4.79 Å². The second-order valence-corrected chi connectivity index (χ2v) is 9.31. The number of nitrogens with one attached hydrogen (secondary N) is 1. The van der Waals surface area contributed by atoms with Crippen LogP contribution in [0.3, 0.4) is 0 Å². The molecule has 0 aliphatic carbocycles. The van der Waals surface area contributed by atoms with Crippen LogP contribution in [0.4, 0.5) is 0 Å². The number of carbonyl (C=O) groups excluding carboxylic acids is 3. The van der Waals surface area contributed by atoms with Gasteiger partial charge in [-0.05, 0) is 64.1 Å². The fourth-order valence-electron chi connectivity index (χ4n) is 2.61. The third-order valence-corrected chi connectivity index (χ3v) is 5.28. The maximum absolute atomic E-state index is 12.2. The summed E-state index contributed by atoms with van der Waals surface area (Å²) in [5.41, 5.74) is 4.72. The first-order chi connectivity index (χ1) is 13.6. The van der Waals surface area contributed by atoms with E-state index >= 15 is 0 Å². The van der Waals surface area contributed by atoms with E-state index in [1.54, 1.807) is 20.8 Å². The molecule has 1 heterocycles. The highest BCUT2D eigenvalue weighted by molar-refractivity contribution is 7.40. The molecule has 0 bridgehead atoms. The van der Waals surface area contributed by atoms with Gasteiger partial charge in [0.15, 0.2) is 0 Å². The van der Waals surface area contributed by atoms with Crippen LogP contribution >= 0.6 is 8.03 Å². The van der Waals surface area contributed by atoms with Gasteiger partial charge < -0.3 is 20.5 Å². The van der Waals surface area contributed by atoms with Crippen LogP contribution in [0.15, 0.2) is 0 Å². The Morgan fingerprint density at radius 3 is 2.45 bits per heavy atom. The van der Waals surface area contributed by atoms with Crippen LogP contribution in [0, 0.1) is 5.41 Å². The van der Waals surface area contributed by atoms with Crippen molar-refractivity contribution in [3.63, 3.8) is 0 Å². The van der Waals surface area contributed by atoms with E-state index in [1.165, 1.54) is 0 Å². The molecule has 0 saturated carbocycles. The quantitative estimate of drug-likeness (QED) is 0.156. The van der Waals surface area contributed by atoms with Crippen molar-refractivity contribution in [1.82, 2.24) is 5.32 Å². The summed E-state index contributed by atoms with van der Waals surface area (Å²) in [6.07, 6.45) is 3.58. The molecule has 29 heavy (non-hydrogen) atoms. The maximum atomic E-state index is 12.2. The molecular weight excluding hydrogens is 399 g/mol. The Balaban J connectivity index is 2.51. The van der Waals surface area contributed by atoms with Crippen molar-refractivity contribution in [2.75, 3.05) is 19.3 Å². The van der Waals surface area contributed by atoms with Gasteiger partial charge in [0.1, 0.15) is 6.04 Å². The van der Waals surface area contributed by atoms with Gasteiger partial charge in [-0.2, -0.15) is 0 Å². The minimum Gasteiger partial charge on any atom is -0.431 e. The van der Waals surface area contributed by atoms with E-state index in [4.69, 9.17) is 19.7 Å². The first-order valence-electron chi connectivity index (χ1n) is 10.1. The molecule has 1 rings (SSSR count). The van der Waals surface area contributed by atoms with Crippen LogP contribution in [-0.4, -0.2) is 49.5 Å². The fourth-order valence-corrected chi connectivity index (χ4v) is 3.37. The van der Waals surface area contributed by atoms with Crippen molar-refractivity contribution in [1.29, 1.82) is 0 Å². The molecule has 1 aliphatic heterocycles. The summed E-state index contributed by atoms with van der Waals surface area (Å²) >= 11 is 0. The van der Waals surface area contributed by atoms with Gasteiger partial charge in [-0.25, -0.2) is 9.59 Å². The van der Waals surface area contributed by atoms with Gasteiger partial charge in [0.2, 0.25) is 0 Å². The Labute approximate surface area is 173 Å². The smallest absolute Gasteiger partial charge is 0.431 e. The highest BCUT2D eigenvalue weighted by atomic mass is 31.1. The van der Waals surface area contributed by atoms with E-state index < -0.39 is 49.8 Å². The van der Waals surface area contributed by atoms with Gasteiger partial charge in [0, 0.05) is 6.42 Å². The van der Waals surface area contributed by atoms with E-state index in [0.717, 1.165) is 25.7 Å². The number of carbonyl (C=O) groups is 3. The van der Waals surface area contributed by atoms with Crippen LogP contribution in [0.2, 0.25) is 0 Å². The van der Waals surface area contributed by atoms with Crippen molar-refractivity contribution in [2.24, 2.45) is 11.1 Å². The molecule has 0 aromatic rings. The second kappa shape index (κ2) is 13.0. The first-order valence-corrected chi connectivity index (χ1v) is 11.5. The predicted molar refractivity (Wildman–Crippen MR) is 107 cm³/mol. The molecule has 3 atom stereocenters. The Kier molecular flexibility index (Phi) is 11.5. The van der Waals surface area contributed by atoms with E-state index in [2.05, 4.69) is 5.32 Å². The molecule has 2 unspecified atom stereocenters. The molecule has 1 aliphatic rings. The third kappa shape index (κ3) is 10.8. The Morgan fingerprint density at radius 2 is 1.86 bits per heavy atom. The lowest BCUT2D eigenvalue weighted by Crippen LogP contribution is -2.34. The van der Waals surface area contributed by atoms with Crippen molar-refractivity contribution >= 4 is 25.9 Å². The zero-order chi connectivity index (χ0) is 21.9. The first kappa shape index (κ1) is 25.6. The van der Waals surface area contributed by atoms with E-state index in [9.17, 15) is 18.9 Å². The molecule has 166 valence electrons. The molecule has 0 aromatic heterocycles. The lowest BCUT2D eigenvalue weighted by atomic mass is 9.97. The Bertz CT molecular complexity index is 571. The molecule has 10 heteroatoms. The van der Waals surface area contributed by atoms with Crippen LogP contribution in [-0.2, 0) is 32.9 Å². The third-order valence-electron chi connectivity index (χ3n) is 4.30. The number of unbranched alkanes of at least 4 members (excludes halogenated alkanes) is 3. The van der Waals surface area contributed by atoms with Crippen molar-refractivity contribution in [2.45, 2.75) is 78.0 Å². The number of nitrogens with two attached hydrogens (primary N) is 1. The average Bonchev–Trinajstić information content (AvgIpc) is 3.15. The molecule has 0 amide bonds. The Hall–Kier alpha value is -1.41. The minimum atomic E-state index is -2.49. The standard InChI is InChI=1S/C19H34N2O7P/c1-19(2,3)18(24)27-16(10-6-4-5-7-11-20)28-29(25)13-15(22)26-17(23)14-9-8-12-21-14/h14,16,21H,4-13,20H2,1-3H3/q+1/t14-,16?/m0/s1. The van der Waals surface area contributed by atoms with E-state index in [1.807, 2.05) is 0 Å². The van der Waals surface area contributed by atoms with Crippen molar-refractivity contribution < 1.29 is 32.9 Å². The predicted octanol–water partition coefficient (Wildman–Crippen LogP) is 2.39. The average molecular weight is 433 g/mol. The monoisotopic (exact) mass is 433 g/mol. The number of hydrogen-bond acceptors (Lipinski definition) is 9. The zero-order valence-electron chi connectivity index (χ0n) is 17.6. The van der Waals surface area contributed by atoms with Gasteiger partial charge >= 0.3 is 25.9 Å². The van der Waals surface area contributed by atoms with Gasteiger partial charge in [0.05, 0.1) is 5.41 Å². The molecule has 1 saturated heterocycles. The summed E-state index contributed by atoms with van der Waals surface area (Å²) in [4.78, 5) is 35.8. The van der Waals surface area contributed by atoms with Gasteiger partial charge in [-0.15, -0.1) is 4.52 Å². The van der Waals surface area contributed by atoms with Crippen LogP contribution in [0.1, 0.15) is 65.7 Å². The highest BCUT2D eigenvalue weighted by Crippen LogP contribution is 2.29. The molecule has 9 nitrogen and oxygen atoms in total. The molecule has 3 N–H and O–H groups in total.